The fourth-order valence-corrected chi connectivity index (χ4v) is 1.18. The van der Waals surface area contributed by atoms with Gasteiger partial charge >= 0.3 is 0 Å². The number of aromatic nitrogens is 1. The summed E-state index contributed by atoms with van der Waals surface area (Å²) in [5.74, 6) is -0.265. The molecule has 0 unspecified atom stereocenters. The lowest BCUT2D eigenvalue weighted by atomic mass is 10.3. The van der Waals surface area contributed by atoms with Crippen LogP contribution in [0, 0.1) is 0 Å². The third-order valence-electron chi connectivity index (χ3n) is 1.80. The number of nitrogens with one attached hydrogen (secondary N) is 1. The first-order chi connectivity index (χ1) is 7.25. The molecule has 1 amide bonds. The highest BCUT2D eigenvalue weighted by Crippen LogP contribution is 2.14. The smallest absolute Gasteiger partial charge is 0.260 e. The van der Waals surface area contributed by atoms with Gasteiger partial charge in [-0.15, -0.1) is 0 Å². The number of nitrogens with zero attached hydrogens (tertiary/aromatic N) is 1. The lowest BCUT2D eigenvalue weighted by Gasteiger charge is -2.02. The molecule has 1 N–H and O–H groups in total. The monoisotopic (exact) mass is 222 g/mol. The molecule has 0 radical (unpaired) electrons. The van der Waals surface area contributed by atoms with Crippen molar-refractivity contribution in [3.63, 3.8) is 0 Å². The van der Waals surface area contributed by atoms with Crippen LogP contribution in [-0.4, -0.2) is 11.1 Å². The van der Waals surface area contributed by atoms with Crippen molar-refractivity contribution in [3.05, 3.63) is 47.3 Å². The number of carbonyl (C=O) groups is 1. The maximum absolute atomic E-state index is 11.5. The van der Waals surface area contributed by atoms with Crippen molar-refractivity contribution in [2.24, 2.45) is 0 Å². The number of rotatable bonds is 2. The summed E-state index contributed by atoms with van der Waals surface area (Å²) in [6.07, 6.45) is 2.64. The van der Waals surface area contributed by atoms with Crippen LogP contribution in [0.5, 0.6) is 0 Å². The zero-order chi connectivity index (χ0) is 10.7. The summed E-state index contributed by atoms with van der Waals surface area (Å²) in [5, 5.41) is 6.74. The molecule has 2 rings (SSSR count). The molecule has 2 aromatic rings. The minimum absolute atomic E-state index is 0.265. The van der Waals surface area contributed by atoms with Gasteiger partial charge in [-0.3, -0.25) is 4.79 Å². The molecule has 1 aromatic heterocycles. The van der Waals surface area contributed by atoms with Gasteiger partial charge in [-0.2, -0.15) is 0 Å². The van der Waals surface area contributed by atoms with Crippen molar-refractivity contribution in [2.75, 3.05) is 5.32 Å². The molecule has 0 saturated carbocycles. The molecule has 0 atom stereocenters. The Morgan fingerprint density at radius 2 is 2.07 bits per heavy atom. The number of amides is 1. The number of benzene rings is 1. The summed E-state index contributed by atoms with van der Waals surface area (Å²) in [6.45, 7) is 0. The van der Waals surface area contributed by atoms with Gasteiger partial charge in [-0.1, -0.05) is 16.8 Å². The van der Waals surface area contributed by atoms with E-state index in [1.807, 2.05) is 0 Å². The first-order valence-corrected chi connectivity index (χ1v) is 4.60. The largest absolute Gasteiger partial charge is 0.364 e. The normalized spacial score (nSPS) is 9.93. The van der Waals surface area contributed by atoms with Crippen LogP contribution in [0.1, 0.15) is 10.4 Å². The predicted molar refractivity (Wildman–Crippen MR) is 55.9 cm³/mol. The van der Waals surface area contributed by atoms with Gasteiger partial charge in [0.2, 0.25) is 0 Å². The summed E-state index contributed by atoms with van der Waals surface area (Å²) in [6, 6.07) is 6.83. The van der Waals surface area contributed by atoms with Crippen LogP contribution < -0.4 is 5.32 Å². The zero-order valence-corrected chi connectivity index (χ0v) is 8.36. The summed E-state index contributed by atoms with van der Waals surface area (Å²) in [4.78, 5) is 11.5. The predicted octanol–water partition coefficient (Wildman–Crippen LogP) is 2.58. The second kappa shape index (κ2) is 4.14. The first-order valence-electron chi connectivity index (χ1n) is 4.22. The maximum Gasteiger partial charge on any atom is 0.260 e. The molecule has 0 aliphatic heterocycles. The molecule has 0 fully saturated rings. The molecule has 5 heteroatoms. The van der Waals surface area contributed by atoms with E-state index in [0.717, 1.165) is 0 Å². The number of halogens is 1. The second-order valence-electron chi connectivity index (χ2n) is 2.87. The Kier molecular flexibility index (Phi) is 2.69. The van der Waals surface area contributed by atoms with E-state index >= 15 is 0 Å². The van der Waals surface area contributed by atoms with Crippen LogP contribution in [0.15, 0.2) is 41.2 Å². The van der Waals surface area contributed by atoms with E-state index in [4.69, 9.17) is 11.6 Å². The lowest BCUT2D eigenvalue weighted by molar-refractivity contribution is 0.102. The minimum Gasteiger partial charge on any atom is -0.364 e. The SMILES string of the molecule is O=C(Nc1ccc(Cl)cc1)c1cnoc1. The highest BCUT2D eigenvalue weighted by molar-refractivity contribution is 6.30. The summed E-state index contributed by atoms with van der Waals surface area (Å²) < 4.78 is 4.56. The molecule has 0 aliphatic rings. The Bertz CT molecular complexity index is 451. The Balaban J connectivity index is 2.09. The van der Waals surface area contributed by atoms with Gasteiger partial charge in [0.25, 0.3) is 5.91 Å². The number of hydrogen-bond donors (Lipinski definition) is 1. The van der Waals surface area contributed by atoms with Crippen LogP contribution in [0.3, 0.4) is 0 Å². The molecule has 1 heterocycles. The van der Waals surface area contributed by atoms with Crippen molar-refractivity contribution in [1.29, 1.82) is 0 Å². The first kappa shape index (κ1) is 9.73. The Labute approximate surface area is 90.8 Å². The standard InChI is InChI=1S/C10H7ClN2O2/c11-8-1-3-9(4-2-8)13-10(14)7-5-12-15-6-7/h1-6H,(H,13,14). The molecule has 76 valence electrons. The molecular formula is C10H7ClN2O2. The number of hydrogen-bond acceptors (Lipinski definition) is 3. The van der Waals surface area contributed by atoms with E-state index in [0.29, 0.717) is 16.3 Å². The molecule has 4 nitrogen and oxygen atoms in total. The highest BCUT2D eigenvalue weighted by atomic mass is 35.5. The van der Waals surface area contributed by atoms with E-state index in [1.165, 1.54) is 12.5 Å². The van der Waals surface area contributed by atoms with Gasteiger partial charge in [0, 0.05) is 10.7 Å². The van der Waals surface area contributed by atoms with Crippen LogP contribution in [-0.2, 0) is 0 Å². The third-order valence-corrected chi connectivity index (χ3v) is 2.05. The average Bonchev–Trinajstić information content (AvgIpc) is 2.74. The highest BCUT2D eigenvalue weighted by Gasteiger charge is 2.07. The van der Waals surface area contributed by atoms with Crippen LogP contribution in [0.2, 0.25) is 5.02 Å². The van der Waals surface area contributed by atoms with Crippen molar-refractivity contribution in [3.8, 4) is 0 Å². The topological polar surface area (TPSA) is 55.1 Å². The van der Waals surface area contributed by atoms with Crippen LogP contribution in [0.25, 0.3) is 0 Å². The number of carbonyl (C=O) groups excluding carboxylic acids is 1. The molecule has 15 heavy (non-hydrogen) atoms. The summed E-state index contributed by atoms with van der Waals surface area (Å²) >= 11 is 5.71. The van der Waals surface area contributed by atoms with Crippen LogP contribution in [0.4, 0.5) is 5.69 Å². The van der Waals surface area contributed by atoms with Crippen molar-refractivity contribution in [1.82, 2.24) is 5.16 Å². The van der Waals surface area contributed by atoms with Gasteiger partial charge in [0.15, 0.2) is 0 Å². The van der Waals surface area contributed by atoms with E-state index < -0.39 is 0 Å². The Morgan fingerprint density at radius 1 is 1.33 bits per heavy atom. The second-order valence-corrected chi connectivity index (χ2v) is 3.31. The third kappa shape index (κ3) is 2.35. The summed E-state index contributed by atoms with van der Waals surface area (Å²) in [5.41, 5.74) is 1.05. The van der Waals surface area contributed by atoms with Gasteiger partial charge in [0.05, 0.1) is 11.8 Å². The number of anilines is 1. The zero-order valence-electron chi connectivity index (χ0n) is 7.61. The Morgan fingerprint density at radius 3 is 2.67 bits per heavy atom. The van der Waals surface area contributed by atoms with Crippen LogP contribution >= 0.6 is 11.6 Å². The molecule has 0 bridgehead atoms. The lowest BCUT2D eigenvalue weighted by Crippen LogP contribution is -2.10. The molecule has 0 aliphatic carbocycles. The van der Waals surface area contributed by atoms with Crippen molar-refractivity contribution < 1.29 is 9.32 Å². The van der Waals surface area contributed by atoms with Gasteiger partial charge in [-0.05, 0) is 24.3 Å². The van der Waals surface area contributed by atoms with E-state index in [-0.39, 0.29) is 5.91 Å². The van der Waals surface area contributed by atoms with E-state index in [2.05, 4.69) is 15.0 Å². The maximum atomic E-state index is 11.5. The Hall–Kier alpha value is -1.81. The van der Waals surface area contributed by atoms with Gasteiger partial charge < -0.3 is 9.84 Å². The fourth-order valence-electron chi connectivity index (χ4n) is 1.05. The van der Waals surface area contributed by atoms with Crippen molar-refractivity contribution >= 4 is 23.2 Å². The summed E-state index contributed by atoms with van der Waals surface area (Å²) in [7, 11) is 0. The molecular weight excluding hydrogens is 216 g/mol. The minimum atomic E-state index is -0.265. The van der Waals surface area contributed by atoms with Crippen molar-refractivity contribution in [2.45, 2.75) is 0 Å². The fraction of sp³-hybridized carbons (Fsp3) is 0. The van der Waals surface area contributed by atoms with E-state index in [9.17, 15) is 4.79 Å². The quantitative estimate of drug-likeness (QED) is 0.850. The molecule has 1 aromatic carbocycles. The molecule has 0 saturated heterocycles. The molecule has 0 spiro atoms. The van der Waals surface area contributed by atoms with Gasteiger partial charge in [0.1, 0.15) is 6.26 Å². The van der Waals surface area contributed by atoms with Gasteiger partial charge in [-0.25, -0.2) is 0 Å². The average molecular weight is 223 g/mol. The van der Waals surface area contributed by atoms with E-state index in [1.54, 1.807) is 24.3 Å².